The standard InChI is InChI=1S/C19H27ClO/c1-18-9-7-13(20)11-12(18)3-4-14-15-5-6-17(21)19(15,2)10-8-16(14)18/h3,13-16H,4-11H2,1-2H3/t13-,14+,15-,16+,18-,19+/m0/s1. The summed E-state index contributed by atoms with van der Waals surface area (Å²) in [5.74, 6) is 2.74. The highest BCUT2D eigenvalue weighted by molar-refractivity contribution is 6.20. The first-order chi connectivity index (χ1) is 9.95. The Morgan fingerprint density at radius 2 is 1.81 bits per heavy atom. The highest BCUT2D eigenvalue weighted by Gasteiger charge is 2.58. The van der Waals surface area contributed by atoms with Gasteiger partial charge in [-0.25, -0.2) is 0 Å². The Labute approximate surface area is 133 Å². The molecule has 21 heavy (non-hydrogen) atoms. The molecule has 4 rings (SSSR count). The first-order valence-corrected chi connectivity index (χ1v) is 9.26. The second kappa shape index (κ2) is 4.60. The summed E-state index contributed by atoms with van der Waals surface area (Å²) >= 11 is 6.42. The summed E-state index contributed by atoms with van der Waals surface area (Å²) in [5.41, 5.74) is 2.02. The smallest absolute Gasteiger partial charge is 0.139 e. The van der Waals surface area contributed by atoms with Gasteiger partial charge in [-0.15, -0.1) is 11.6 Å². The second-order valence-corrected chi connectivity index (χ2v) is 9.13. The van der Waals surface area contributed by atoms with Crippen LogP contribution in [0.5, 0.6) is 0 Å². The molecule has 2 heteroatoms. The molecule has 0 aliphatic heterocycles. The lowest BCUT2D eigenvalue weighted by atomic mass is 9.48. The maximum atomic E-state index is 12.4. The van der Waals surface area contributed by atoms with E-state index in [-0.39, 0.29) is 5.41 Å². The lowest BCUT2D eigenvalue weighted by Gasteiger charge is -2.56. The highest BCUT2D eigenvalue weighted by atomic mass is 35.5. The van der Waals surface area contributed by atoms with Crippen LogP contribution >= 0.6 is 11.6 Å². The Hall–Kier alpha value is -0.300. The van der Waals surface area contributed by atoms with E-state index in [4.69, 9.17) is 11.6 Å². The van der Waals surface area contributed by atoms with Crippen LogP contribution in [0.4, 0.5) is 0 Å². The second-order valence-electron chi connectivity index (χ2n) is 8.52. The number of halogens is 1. The maximum absolute atomic E-state index is 12.4. The first kappa shape index (κ1) is 14.3. The van der Waals surface area contributed by atoms with Crippen molar-refractivity contribution < 1.29 is 4.79 Å². The fourth-order valence-corrected chi connectivity index (χ4v) is 6.66. The van der Waals surface area contributed by atoms with E-state index in [0.717, 1.165) is 37.5 Å². The van der Waals surface area contributed by atoms with E-state index >= 15 is 0 Å². The van der Waals surface area contributed by atoms with Crippen molar-refractivity contribution in [1.29, 1.82) is 0 Å². The van der Waals surface area contributed by atoms with Crippen molar-refractivity contribution in [2.45, 2.75) is 70.6 Å². The lowest BCUT2D eigenvalue weighted by molar-refractivity contribution is -0.131. The van der Waals surface area contributed by atoms with Crippen LogP contribution < -0.4 is 0 Å². The summed E-state index contributed by atoms with van der Waals surface area (Å²) in [4.78, 5) is 12.4. The number of alkyl halides is 1. The van der Waals surface area contributed by atoms with Gasteiger partial charge in [0.05, 0.1) is 0 Å². The topological polar surface area (TPSA) is 17.1 Å². The Morgan fingerprint density at radius 1 is 1.10 bits per heavy atom. The van der Waals surface area contributed by atoms with Gasteiger partial charge in [0.25, 0.3) is 0 Å². The molecule has 0 aromatic carbocycles. The van der Waals surface area contributed by atoms with E-state index in [1.165, 1.54) is 25.7 Å². The molecule has 0 amide bonds. The molecule has 0 saturated heterocycles. The van der Waals surface area contributed by atoms with Crippen LogP contribution in [0.2, 0.25) is 0 Å². The number of ketones is 1. The number of rotatable bonds is 0. The van der Waals surface area contributed by atoms with Crippen molar-refractivity contribution in [2.75, 3.05) is 0 Å². The number of carbonyl (C=O) groups excluding carboxylic acids is 1. The fraction of sp³-hybridized carbons (Fsp3) is 0.842. The van der Waals surface area contributed by atoms with Gasteiger partial charge in [0.15, 0.2) is 0 Å². The van der Waals surface area contributed by atoms with Gasteiger partial charge in [0, 0.05) is 17.2 Å². The summed E-state index contributed by atoms with van der Waals surface area (Å²) in [6.07, 6.45) is 11.6. The van der Waals surface area contributed by atoms with Crippen molar-refractivity contribution >= 4 is 17.4 Å². The van der Waals surface area contributed by atoms with Crippen LogP contribution in [0, 0.1) is 28.6 Å². The van der Waals surface area contributed by atoms with E-state index in [2.05, 4.69) is 19.9 Å². The van der Waals surface area contributed by atoms with E-state index in [9.17, 15) is 4.79 Å². The monoisotopic (exact) mass is 306 g/mol. The Balaban J connectivity index is 1.69. The van der Waals surface area contributed by atoms with Crippen LogP contribution in [-0.2, 0) is 4.79 Å². The summed E-state index contributed by atoms with van der Waals surface area (Å²) in [6, 6.07) is 0. The first-order valence-electron chi connectivity index (χ1n) is 8.82. The van der Waals surface area contributed by atoms with Gasteiger partial charge in [0.1, 0.15) is 5.78 Å². The largest absolute Gasteiger partial charge is 0.299 e. The summed E-state index contributed by atoms with van der Waals surface area (Å²) in [5, 5.41) is 0.350. The summed E-state index contributed by atoms with van der Waals surface area (Å²) < 4.78 is 0. The molecule has 4 aliphatic rings. The van der Waals surface area contributed by atoms with Gasteiger partial charge in [-0.3, -0.25) is 4.79 Å². The molecule has 0 unspecified atom stereocenters. The van der Waals surface area contributed by atoms with Crippen LogP contribution in [0.1, 0.15) is 65.2 Å². The summed E-state index contributed by atoms with van der Waals surface area (Å²) in [7, 11) is 0. The highest BCUT2D eigenvalue weighted by Crippen LogP contribution is 2.64. The number of hydrogen-bond donors (Lipinski definition) is 0. The fourth-order valence-electron chi connectivity index (χ4n) is 6.39. The molecule has 0 spiro atoms. The van der Waals surface area contributed by atoms with Gasteiger partial charge in [-0.05, 0) is 68.1 Å². The number of allylic oxidation sites excluding steroid dienone is 2. The Bertz CT molecular complexity index is 510. The number of fused-ring (bicyclic) bond motifs is 5. The minimum Gasteiger partial charge on any atom is -0.299 e. The minimum atomic E-state index is 0.00650. The average Bonchev–Trinajstić information content (AvgIpc) is 2.76. The molecular formula is C19H27ClO. The molecular weight excluding hydrogens is 280 g/mol. The van der Waals surface area contributed by atoms with Crippen molar-refractivity contribution in [2.24, 2.45) is 28.6 Å². The third-order valence-electron chi connectivity index (χ3n) is 7.75. The van der Waals surface area contributed by atoms with Crippen LogP contribution in [0.3, 0.4) is 0 Å². The Morgan fingerprint density at radius 3 is 2.62 bits per heavy atom. The third kappa shape index (κ3) is 1.85. The zero-order valence-electron chi connectivity index (χ0n) is 13.3. The van der Waals surface area contributed by atoms with Gasteiger partial charge >= 0.3 is 0 Å². The predicted molar refractivity (Wildman–Crippen MR) is 86.4 cm³/mol. The number of carbonyl (C=O) groups is 1. The molecule has 0 aromatic rings. The molecule has 4 aliphatic carbocycles. The molecule has 3 fully saturated rings. The molecule has 0 aromatic heterocycles. The molecule has 3 saturated carbocycles. The quantitative estimate of drug-likeness (QED) is 0.448. The minimum absolute atomic E-state index is 0.00650. The van der Waals surface area contributed by atoms with Crippen LogP contribution in [-0.4, -0.2) is 11.2 Å². The van der Waals surface area contributed by atoms with E-state index in [0.29, 0.717) is 22.5 Å². The molecule has 0 radical (unpaired) electrons. The lowest BCUT2D eigenvalue weighted by Crippen LogP contribution is -2.50. The van der Waals surface area contributed by atoms with Crippen molar-refractivity contribution in [1.82, 2.24) is 0 Å². The normalized spacial score (nSPS) is 52.7. The molecule has 6 atom stereocenters. The number of Topliss-reactive ketones (excluding diaryl/α,β-unsaturated/α-hetero) is 1. The maximum Gasteiger partial charge on any atom is 0.139 e. The number of hydrogen-bond acceptors (Lipinski definition) is 1. The van der Waals surface area contributed by atoms with Crippen LogP contribution in [0.15, 0.2) is 11.6 Å². The molecule has 116 valence electrons. The van der Waals surface area contributed by atoms with Crippen molar-refractivity contribution in [3.05, 3.63) is 11.6 Å². The van der Waals surface area contributed by atoms with Gasteiger partial charge in [0.2, 0.25) is 0 Å². The van der Waals surface area contributed by atoms with Crippen molar-refractivity contribution in [3.63, 3.8) is 0 Å². The summed E-state index contributed by atoms with van der Waals surface area (Å²) in [6.45, 7) is 4.76. The Kier molecular flexibility index (Phi) is 3.13. The van der Waals surface area contributed by atoms with Gasteiger partial charge < -0.3 is 0 Å². The van der Waals surface area contributed by atoms with E-state index in [1.807, 2.05) is 0 Å². The van der Waals surface area contributed by atoms with Crippen LogP contribution in [0.25, 0.3) is 0 Å². The molecule has 0 bridgehead atoms. The van der Waals surface area contributed by atoms with Gasteiger partial charge in [-0.1, -0.05) is 25.5 Å². The van der Waals surface area contributed by atoms with Crippen molar-refractivity contribution in [3.8, 4) is 0 Å². The van der Waals surface area contributed by atoms with E-state index in [1.54, 1.807) is 5.57 Å². The molecule has 0 N–H and O–H groups in total. The molecule has 0 heterocycles. The zero-order chi connectivity index (χ0) is 14.8. The zero-order valence-corrected chi connectivity index (χ0v) is 14.1. The third-order valence-corrected chi connectivity index (χ3v) is 8.13. The van der Waals surface area contributed by atoms with E-state index < -0.39 is 0 Å². The SMILES string of the molecule is C[C@]12CC[C@H](Cl)CC1=CC[C@H]1[C@H]2CC[C@@]2(C)C(=O)CC[C@@H]12. The average molecular weight is 307 g/mol. The molecule has 1 nitrogen and oxygen atoms in total. The predicted octanol–water partition coefficient (Wildman–Crippen LogP) is 5.13. The van der Waals surface area contributed by atoms with Gasteiger partial charge in [-0.2, -0.15) is 0 Å².